The van der Waals surface area contributed by atoms with Gasteiger partial charge in [0.2, 0.25) is 0 Å². The summed E-state index contributed by atoms with van der Waals surface area (Å²) in [6.07, 6.45) is 5.00. The first-order chi connectivity index (χ1) is 16.8. The zero-order chi connectivity index (χ0) is 24.7. The van der Waals surface area contributed by atoms with Crippen molar-refractivity contribution in [2.75, 3.05) is 14.2 Å². The van der Waals surface area contributed by atoms with Gasteiger partial charge in [-0.2, -0.15) is 0 Å². The molecule has 35 heavy (non-hydrogen) atoms. The maximum absolute atomic E-state index is 14.1. The molecule has 5 nitrogen and oxygen atoms in total. The van der Waals surface area contributed by atoms with Crippen molar-refractivity contribution < 1.29 is 9.47 Å². The molecule has 4 aromatic rings. The topological polar surface area (TPSA) is 53.4 Å². The van der Waals surface area contributed by atoms with Crippen molar-refractivity contribution in [2.45, 2.75) is 20.3 Å². The minimum Gasteiger partial charge on any atom is -0.497 e. The van der Waals surface area contributed by atoms with Crippen LogP contribution in [0.2, 0.25) is 5.02 Å². The van der Waals surface area contributed by atoms with E-state index >= 15 is 0 Å². The number of benzene rings is 2. The highest BCUT2D eigenvalue weighted by Gasteiger charge is 2.27. The summed E-state index contributed by atoms with van der Waals surface area (Å²) in [5.41, 5.74) is 4.65. The Hall–Kier alpha value is -3.35. The van der Waals surface area contributed by atoms with Gasteiger partial charge >= 0.3 is 0 Å². The molecule has 0 bridgehead atoms. The first-order valence-electron chi connectivity index (χ1n) is 11.2. The quantitative estimate of drug-likeness (QED) is 0.297. The van der Waals surface area contributed by atoms with Gasteiger partial charge in [0.15, 0.2) is 0 Å². The van der Waals surface area contributed by atoms with Crippen LogP contribution in [0.3, 0.4) is 0 Å². The molecule has 2 heterocycles. The van der Waals surface area contributed by atoms with Crippen LogP contribution in [0.4, 0.5) is 0 Å². The Morgan fingerprint density at radius 1 is 1.06 bits per heavy atom. The number of hydrogen-bond acceptors (Lipinski definition) is 5. The molecule has 5 rings (SSSR count). The Morgan fingerprint density at radius 3 is 2.54 bits per heavy atom. The van der Waals surface area contributed by atoms with Gasteiger partial charge in [-0.1, -0.05) is 49.7 Å². The van der Waals surface area contributed by atoms with Crippen molar-refractivity contribution in [1.29, 1.82) is 0 Å². The largest absolute Gasteiger partial charge is 0.497 e. The van der Waals surface area contributed by atoms with Crippen LogP contribution in [0.15, 0.2) is 64.8 Å². The van der Waals surface area contributed by atoms with E-state index in [0.29, 0.717) is 39.2 Å². The fourth-order valence-corrected chi connectivity index (χ4v) is 5.30. The lowest BCUT2D eigenvalue weighted by Crippen LogP contribution is -2.29. The molecule has 2 aromatic carbocycles. The van der Waals surface area contributed by atoms with E-state index < -0.39 is 0 Å². The number of halogens is 1. The molecule has 0 saturated heterocycles. The van der Waals surface area contributed by atoms with E-state index in [4.69, 9.17) is 26.1 Å². The fraction of sp³-hybridized carbons (Fsp3) is 0.214. The number of ether oxygens (including phenoxy) is 2. The SMILES string of the molecule is COc1ccc(OC)c(-n2c3c(cc(-c4nc(-c5ccc(Cl)cc5)cs4)c2=O)C=CC(C)(C)C3)c1. The number of nitrogens with zero attached hydrogens (tertiary/aromatic N) is 2. The van der Waals surface area contributed by atoms with E-state index in [1.807, 2.05) is 53.9 Å². The summed E-state index contributed by atoms with van der Waals surface area (Å²) in [7, 11) is 3.22. The Bertz CT molecular complexity index is 1500. The predicted molar refractivity (Wildman–Crippen MR) is 143 cm³/mol. The lowest BCUT2D eigenvalue weighted by molar-refractivity contribution is 0.400. The van der Waals surface area contributed by atoms with Crippen LogP contribution >= 0.6 is 22.9 Å². The number of aromatic nitrogens is 2. The van der Waals surface area contributed by atoms with E-state index in [9.17, 15) is 4.79 Å². The molecular formula is C28H25ClN2O3S. The highest BCUT2D eigenvalue weighted by Crippen LogP contribution is 2.37. The van der Waals surface area contributed by atoms with Crippen LogP contribution in [0.1, 0.15) is 25.1 Å². The molecule has 1 aliphatic carbocycles. The maximum atomic E-state index is 14.1. The molecule has 0 amide bonds. The van der Waals surface area contributed by atoms with Crippen LogP contribution in [0.5, 0.6) is 11.5 Å². The number of thiazole rings is 1. The summed E-state index contributed by atoms with van der Waals surface area (Å²) in [6, 6.07) is 15.0. The molecule has 0 saturated carbocycles. The Morgan fingerprint density at radius 2 is 1.83 bits per heavy atom. The smallest absolute Gasteiger partial charge is 0.265 e. The maximum Gasteiger partial charge on any atom is 0.265 e. The number of methoxy groups -OCH3 is 2. The van der Waals surface area contributed by atoms with Gasteiger partial charge in [-0.15, -0.1) is 11.3 Å². The van der Waals surface area contributed by atoms with Gasteiger partial charge in [0.1, 0.15) is 16.5 Å². The summed E-state index contributed by atoms with van der Waals surface area (Å²) in [5.74, 6) is 1.25. The average molecular weight is 505 g/mol. The molecule has 2 aromatic heterocycles. The second kappa shape index (κ2) is 9.02. The molecule has 1 aliphatic rings. The minimum atomic E-state index is -0.140. The third-order valence-corrected chi connectivity index (χ3v) is 7.30. The van der Waals surface area contributed by atoms with Gasteiger partial charge in [0, 0.05) is 27.7 Å². The Balaban J connectivity index is 1.74. The zero-order valence-corrected chi connectivity index (χ0v) is 21.5. The summed E-state index contributed by atoms with van der Waals surface area (Å²) in [5, 5.41) is 3.30. The number of fused-ring (bicyclic) bond motifs is 1. The summed E-state index contributed by atoms with van der Waals surface area (Å²) >= 11 is 7.49. The standard InChI is InChI=1S/C28H25ClN2O3S/c1-28(2)12-11-18-13-21(26-30-22(16-35-26)17-5-7-19(29)8-6-17)27(32)31(24(18)15-28)23-14-20(33-3)9-10-25(23)34-4/h5-14,16H,15H2,1-4H3. The van der Waals surface area contributed by atoms with Crippen LogP contribution in [0, 0.1) is 5.41 Å². The lowest BCUT2D eigenvalue weighted by atomic mass is 9.81. The summed E-state index contributed by atoms with van der Waals surface area (Å²) < 4.78 is 12.9. The molecule has 0 atom stereocenters. The van der Waals surface area contributed by atoms with Crippen molar-refractivity contribution in [3.63, 3.8) is 0 Å². The molecule has 0 radical (unpaired) electrons. The highest BCUT2D eigenvalue weighted by molar-refractivity contribution is 7.13. The molecular weight excluding hydrogens is 480 g/mol. The van der Waals surface area contributed by atoms with Crippen molar-refractivity contribution in [3.8, 4) is 39.0 Å². The van der Waals surface area contributed by atoms with E-state index in [2.05, 4.69) is 26.0 Å². The van der Waals surface area contributed by atoms with Crippen molar-refractivity contribution in [3.05, 3.63) is 86.6 Å². The Kier molecular flexibility index (Phi) is 6.03. The molecule has 0 aliphatic heterocycles. The van der Waals surface area contributed by atoms with E-state index in [0.717, 1.165) is 22.5 Å². The fourth-order valence-electron chi connectivity index (χ4n) is 4.33. The van der Waals surface area contributed by atoms with Crippen LogP contribution < -0.4 is 15.0 Å². The third-order valence-electron chi connectivity index (χ3n) is 6.18. The van der Waals surface area contributed by atoms with E-state index in [-0.39, 0.29) is 11.0 Å². The van der Waals surface area contributed by atoms with Gasteiger partial charge in [0.05, 0.1) is 31.2 Å². The second-order valence-electron chi connectivity index (χ2n) is 9.18. The minimum absolute atomic E-state index is 0.0856. The highest BCUT2D eigenvalue weighted by atomic mass is 35.5. The number of rotatable bonds is 5. The van der Waals surface area contributed by atoms with Gasteiger partial charge in [-0.3, -0.25) is 9.36 Å². The van der Waals surface area contributed by atoms with Crippen molar-refractivity contribution >= 4 is 29.0 Å². The first kappa shape index (κ1) is 23.4. The monoisotopic (exact) mass is 504 g/mol. The number of pyridine rings is 1. The first-order valence-corrected chi connectivity index (χ1v) is 12.5. The number of allylic oxidation sites excluding steroid dienone is 1. The lowest BCUT2D eigenvalue weighted by Gasteiger charge is -2.29. The van der Waals surface area contributed by atoms with Crippen molar-refractivity contribution in [2.24, 2.45) is 5.41 Å². The van der Waals surface area contributed by atoms with E-state index in [1.165, 1.54) is 11.3 Å². The summed E-state index contributed by atoms with van der Waals surface area (Å²) in [6.45, 7) is 4.33. The van der Waals surface area contributed by atoms with Gasteiger partial charge in [0.25, 0.3) is 5.56 Å². The second-order valence-corrected chi connectivity index (χ2v) is 10.5. The van der Waals surface area contributed by atoms with Crippen LogP contribution in [-0.2, 0) is 6.42 Å². The van der Waals surface area contributed by atoms with Gasteiger partial charge in [-0.05, 0) is 47.7 Å². The van der Waals surface area contributed by atoms with Gasteiger partial charge in [-0.25, -0.2) is 4.98 Å². The molecule has 0 fully saturated rings. The number of hydrogen-bond donors (Lipinski definition) is 0. The van der Waals surface area contributed by atoms with E-state index in [1.54, 1.807) is 18.8 Å². The van der Waals surface area contributed by atoms with Gasteiger partial charge < -0.3 is 9.47 Å². The Labute approximate surface area is 213 Å². The molecule has 0 unspecified atom stereocenters. The van der Waals surface area contributed by atoms with Crippen molar-refractivity contribution in [1.82, 2.24) is 9.55 Å². The predicted octanol–water partition coefficient (Wildman–Crippen LogP) is 6.89. The summed E-state index contributed by atoms with van der Waals surface area (Å²) in [4.78, 5) is 18.9. The molecule has 0 N–H and O–H groups in total. The third kappa shape index (κ3) is 4.40. The van der Waals surface area contributed by atoms with Crippen LogP contribution in [0.25, 0.3) is 33.6 Å². The zero-order valence-electron chi connectivity index (χ0n) is 20.0. The molecule has 0 spiro atoms. The normalized spacial score (nSPS) is 14.0. The molecule has 178 valence electrons. The average Bonchev–Trinajstić information content (AvgIpc) is 3.33. The van der Waals surface area contributed by atoms with Crippen LogP contribution in [-0.4, -0.2) is 23.8 Å². The molecule has 7 heteroatoms.